The Hall–Kier alpha value is -3.67. The number of alkyl halides is 3. The molecule has 35 heavy (non-hydrogen) atoms. The lowest BCUT2D eigenvalue weighted by atomic mass is 10.1. The first-order chi connectivity index (χ1) is 16.3. The molecule has 1 N–H and O–H groups in total. The number of benzene rings is 2. The van der Waals surface area contributed by atoms with Crippen LogP contribution >= 0.6 is 0 Å². The monoisotopic (exact) mass is 509 g/mol. The molecule has 0 spiro atoms. The minimum Gasteiger partial charge on any atom is -0.320 e. The normalized spacial score (nSPS) is 16.2. The van der Waals surface area contributed by atoms with E-state index in [-0.39, 0.29) is 34.1 Å². The molecule has 1 atom stereocenters. The molecule has 1 aromatic heterocycles. The van der Waals surface area contributed by atoms with Crippen LogP contribution in [0.2, 0.25) is 0 Å². The average molecular weight is 509 g/mol. The van der Waals surface area contributed by atoms with Gasteiger partial charge in [-0.1, -0.05) is 6.07 Å². The van der Waals surface area contributed by atoms with E-state index in [1.807, 2.05) is 0 Å². The zero-order chi connectivity index (χ0) is 25.7. The van der Waals surface area contributed by atoms with E-state index in [1.165, 1.54) is 23.1 Å². The predicted octanol–water partition coefficient (Wildman–Crippen LogP) is 4.52. The lowest BCUT2D eigenvalue weighted by Gasteiger charge is -2.33. The van der Waals surface area contributed by atoms with Crippen LogP contribution in [0, 0.1) is 5.95 Å². The Morgan fingerprint density at radius 1 is 1.09 bits per heavy atom. The number of amides is 2. The number of anilines is 2. The van der Waals surface area contributed by atoms with E-state index in [0.29, 0.717) is 0 Å². The van der Waals surface area contributed by atoms with E-state index in [9.17, 15) is 35.6 Å². The van der Waals surface area contributed by atoms with Gasteiger partial charge in [0, 0.05) is 30.1 Å². The van der Waals surface area contributed by atoms with Crippen LogP contribution in [0.5, 0.6) is 0 Å². The van der Waals surface area contributed by atoms with Gasteiger partial charge in [-0.05, 0) is 49.4 Å². The van der Waals surface area contributed by atoms with Crippen LogP contribution in [-0.4, -0.2) is 37.6 Å². The molecule has 1 aliphatic rings. The number of aromatic nitrogens is 1. The number of fused-ring (bicyclic) bond motifs is 1. The number of carbonyl (C=O) groups is 2. The number of carbonyl (C=O) groups excluding carboxylic acids is 2. The van der Waals surface area contributed by atoms with Crippen molar-refractivity contribution in [3.05, 3.63) is 77.4 Å². The number of nitrogens with zero attached hydrogens (tertiary/aromatic N) is 2. The van der Waals surface area contributed by atoms with Crippen LogP contribution in [0.15, 0.2) is 59.5 Å². The van der Waals surface area contributed by atoms with E-state index in [4.69, 9.17) is 0 Å². The molecule has 2 aromatic carbocycles. The third-order valence-corrected chi connectivity index (χ3v) is 6.71. The van der Waals surface area contributed by atoms with Crippen LogP contribution in [0.25, 0.3) is 0 Å². The Balaban J connectivity index is 1.67. The van der Waals surface area contributed by atoms with Gasteiger partial charge >= 0.3 is 6.18 Å². The Bertz CT molecular complexity index is 1430. The summed E-state index contributed by atoms with van der Waals surface area (Å²) in [6, 6.07) is 9.58. The van der Waals surface area contributed by atoms with Crippen LogP contribution in [0.4, 0.5) is 28.9 Å². The van der Waals surface area contributed by atoms with Crippen molar-refractivity contribution < 1.29 is 35.6 Å². The zero-order valence-electron chi connectivity index (χ0n) is 18.4. The van der Waals surface area contributed by atoms with Crippen molar-refractivity contribution in [3.8, 4) is 0 Å². The second kappa shape index (κ2) is 8.52. The minimum atomic E-state index is -4.54. The highest BCUT2D eigenvalue weighted by Crippen LogP contribution is 2.35. The van der Waals surface area contributed by atoms with E-state index in [2.05, 4.69) is 5.32 Å². The number of rotatable bonds is 4. The highest BCUT2D eigenvalue weighted by atomic mass is 32.2. The molecule has 2 amide bonds. The summed E-state index contributed by atoms with van der Waals surface area (Å²) in [4.78, 5) is 27.2. The van der Waals surface area contributed by atoms with Gasteiger partial charge in [-0.2, -0.15) is 17.6 Å². The first kappa shape index (κ1) is 24.5. The minimum absolute atomic E-state index is 0.00735. The molecule has 3 aromatic rings. The molecule has 0 saturated heterocycles. The summed E-state index contributed by atoms with van der Waals surface area (Å²) in [6.45, 7) is 1.61. The molecular weight excluding hydrogens is 490 g/mol. The van der Waals surface area contributed by atoms with Gasteiger partial charge in [0.25, 0.3) is 11.8 Å². The third kappa shape index (κ3) is 4.65. The summed E-state index contributed by atoms with van der Waals surface area (Å²) in [5, 5.41) is 2.45. The Kier molecular flexibility index (Phi) is 5.95. The fraction of sp³-hybridized carbons (Fsp3) is 0.217. The van der Waals surface area contributed by atoms with Crippen molar-refractivity contribution in [2.24, 2.45) is 0 Å². The van der Waals surface area contributed by atoms with Gasteiger partial charge in [0.15, 0.2) is 15.8 Å². The van der Waals surface area contributed by atoms with Gasteiger partial charge < -0.3 is 14.8 Å². The molecule has 0 unspecified atom stereocenters. The topological polar surface area (TPSA) is 88.5 Å². The van der Waals surface area contributed by atoms with Crippen molar-refractivity contribution in [2.75, 3.05) is 23.0 Å². The summed E-state index contributed by atoms with van der Waals surface area (Å²) >= 11 is 0. The van der Waals surface area contributed by atoms with E-state index in [1.54, 1.807) is 6.92 Å². The number of hydrogen-bond acceptors (Lipinski definition) is 4. The zero-order valence-corrected chi connectivity index (χ0v) is 19.2. The predicted molar refractivity (Wildman–Crippen MR) is 120 cm³/mol. The van der Waals surface area contributed by atoms with Gasteiger partial charge in [0.05, 0.1) is 22.2 Å². The van der Waals surface area contributed by atoms with Gasteiger partial charge in [-0.3, -0.25) is 9.59 Å². The molecular formula is C23H19F4N3O4S. The maximum atomic E-state index is 14.7. The number of nitrogens with one attached hydrogen (secondary N) is 1. The van der Waals surface area contributed by atoms with Crippen LogP contribution in [-0.2, 0) is 16.0 Å². The molecule has 4 rings (SSSR count). The Labute approximate surface area is 197 Å². The van der Waals surface area contributed by atoms with Crippen molar-refractivity contribution in [1.82, 2.24) is 4.57 Å². The molecule has 0 radical (unpaired) electrons. The van der Waals surface area contributed by atoms with Crippen LogP contribution in [0.1, 0.15) is 39.4 Å². The maximum Gasteiger partial charge on any atom is 0.416 e. The highest BCUT2D eigenvalue weighted by Gasteiger charge is 2.36. The highest BCUT2D eigenvalue weighted by molar-refractivity contribution is 7.90. The summed E-state index contributed by atoms with van der Waals surface area (Å²) in [5.74, 6) is -2.27. The molecule has 0 saturated carbocycles. The van der Waals surface area contributed by atoms with E-state index < -0.39 is 45.4 Å². The molecule has 7 nitrogen and oxygen atoms in total. The lowest BCUT2D eigenvalue weighted by Crippen LogP contribution is -2.43. The van der Waals surface area contributed by atoms with E-state index in [0.717, 1.165) is 47.2 Å². The van der Waals surface area contributed by atoms with Crippen LogP contribution in [0.3, 0.4) is 0 Å². The Morgan fingerprint density at radius 2 is 1.74 bits per heavy atom. The van der Waals surface area contributed by atoms with E-state index >= 15 is 0 Å². The maximum absolute atomic E-state index is 14.7. The largest absolute Gasteiger partial charge is 0.416 e. The van der Waals surface area contributed by atoms with Crippen molar-refractivity contribution >= 4 is 33.0 Å². The second-order valence-electron chi connectivity index (χ2n) is 8.16. The van der Waals surface area contributed by atoms with Crippen molar-refractivity contribution in [2.45, 2.75) is 24.0 Å². The quantitative estimate of drug-likeness (QED) is 0.524. The average Bonchev–Trinajstić information content (AvgIpc) is 3.11. The number of hydrogen-bond donors (Lipinski definition) is 1. The lowest BCUT2D eigenvalue weighted by molar-refractivity contribution is -0.137. The summed E-state index contributed by atoms with van der Waals surface area (Å²) < 4.78 is 78.1. The van der Waals surface area contributed by atoms with Crippen LogP contribution < -0.4 is 10.2 Å². The molecule has 1 aliphatic heterocycles. The molecule has 0 aliphatic carbocycles. The number of sulfone groups is 1. The standard InChI is InChI=1S/C23H19F4N3O4S/c1-13-12-29(16-8-6-15(7-9-16)23(25,26)27)22(32)20-18(11-19(24)30(13)20)28-21(31)14-4-3-5-17(10-14)35(2,33)34/h3-11,13H,12H2,1-2H3,(H,28,31)/t13-/m0/s1. The summed E-state index contributed by atoms with van der Waals surface area (Å²) in [6.07, 6.45) is -3.55. The molecule has 12 heteroatoms. The van der Waals surface area contributed by atoms with Gasteiger partial charge in [0.2, 0.25) is 0 Å². The first-order valence-electron chi connectivity index (χ1n) is 10.3. The Morgan fingerprint density at radius 3 is 2.34 bits per heavy atom. The molecule has 0 bridgehead atoms. The summed E-state index contributed by atoms with van der Waals surface area (Å²) in [5.41, 5.74) is -1.05. The summed E-state index contributed by atoms with van der Waals surface area (Å²) in [7, 11) is -3.58. The third-order valence-electron chi connectivity index (χ3n) is 5.60. The second-order valence-corrected chi connectivity index (χ2v) is 10.2. The molecule has 184 valence electrons. The first-order valence-corrected chi connectivity index (χ1v) is 12.2. The molecule has 0 fully saturated rings. The van der Waals surface area contributed by atoms with Crippen molar-refractivity contribution in [1.29, 1.82) is 0 Å². The van der Waals surface area contributed by atoms with Gasteiger partial charge in [-0.25, -0.2) is 8.42 Å². The van der Waals surface area contributed by atoms with Gasteiger partial charge in [-0.15, -0.1) is 0 Å². The fourth-order valence-corrected chi connectivity index (χ4v) is 4.58. The smallest absolute Gasteiger partial charge is 0.320 e. The number of halogens is 4. The van der Waals surface area contributed by atoms with Gasteiger partial charge in [0.1, 0.15) is 5.69 Å². The SMILES string of the molecule is C[C@H]1CN(c2ccc(C(F)(F)F)cc2)C(=O)c2c(NC(=O)c3cccc(S(C)(=O)=O)c3)cc(F)n21. The van der Waals surface area contributed by atoms with Crippen molar-refractivity contribution in [3.63, 3.8) is 0 Å². The molecule has 2 heterocycles. The fourth-order valence-electron chi connectivity index (χ4n) is 3.91.